The Bertz CT molecular complexity index is 818. The highest BCUT2D eigenvalue weighted by Gasteiger charge is 2.17. The molecule has 1 aromatic carbocycles. The van der Waals surface area contributed by atoms with Crippen molar-refractivity contribution in [1.29, 1.82) is 0 Å². The number of fused-ring (bicyclic) bond motifs is 1. The van der Waals surface area contributed by atoms with Crippen LogP contribution in [-0.4, -0.2) is 25.6 Å². The van der Waals surface area contributed by atoms with Crippen LogP contribution in [0.2, 0.25) is 5.02 Å². The first-order valence-electron chi connectivity index (χ1n) is 6.64. The van der Waals surface area contributed by atoms with Gasteiger partial charge in [0.15, 0.2) is 11.8 Å². The van der Waals surface area contributed by atoms with Gasteiger partial charge in [-0.15, -0.1) is 0 Å². The first kappa shape index (κ1) is 14.5. The third-order valence-electron chi connectivity index (χ3n) is 3.24. The first-order chi connectivity index (χ1) is 10.6. The van der Waals surface area contributed by atoms with Gasteiger partial charge in [0.05, 0.1) is 12.2 Å². The van der Waals surface area contributed by atoms with E-state index in [0.29, 0.717) is 16.2 Å². The number of nitrogens with one attached hydrogen (secondary N) is 1. The average Bonchev–Trinajstić information content (AvgIpc) is 3.01. The van der Waals surface area contributed by atoms with E-state index in [9.17, 15) is 9.90 Å². The van der Waals surface area contributed by atoms with Crippen molar-refractivity contribution in [2.24, 2.45) is 0 Å². The number of aliphatic hydroxyl groups excluding tert-OH is 1. The van der Waals surface area contributed by atoms with E-state index in [1.165, 1.54) is 6.33 Å². The molecule has 112 valence electrons. The predicted octanol–water partition coefficient (Wildman–Crippen LogP) is 1.73. The SMILES string of the molecule is O=C(NCc1cccc2ncnn12)C(O)c1cccc(Cl)c1. The molecule has 2 heterocycles. The summed E-state index contributed by atoms with van der Waals surface area (Å²) >= 11 is 5.86. The van der Waals surface area contributed by atoms with Crippen LogP contribution >= 0.6 is 11.6 Å². The van der Waals surface area contributed by atoms with E-state index in [4.69, 9.17) is 11.6 Å². The molecular formula is C15H13ClN4O2. The standard InChI is InChI=1S/C15H13ClN4O2/c16-11-4-1-3-10(7-11)14(21)15(22)17-8-12-5-2-6-13-18-9-19-20(12)13/h1-7,9,14,21H,8H2,(H,17,22). The van der Waals surface area contributed by atoms with Crippen LogP contribution in [0.15, 0.2) is 48.8 Å². The summed E-state index contributed by atoms with van der Waals surface area (Å²) in [6, 6.07) is 12.1. The molecule has 22 heavy (non-hydrogen) atoms. The Labute approximate surface area is 131 Å². The van der Waals surface area contributed by atoms with Crippen molar-refractivity contribution in [1.82, 2.24) is 19.9 Å². The van der Waals surface area contributed by atoms with Gasteiger partial charge in [0.2, 0.25) is 0 Å². The van der Waals surface area contributed by atoms with Gasteiger partial charge in [-0.25, -0.2) is 9.50 Å². The van der Waals surface area contributed by atoms with Gasteiger partial charge in [-0.3, -0.25) is 4.79 Å². The second-order valence-corrected chi connectivity index (χ2v) is 5.16. The van der Waals surface area contributed by atoms with Crippen molar-refractivity contribution in [3.63, 3.8) is 0 Å². The Morgan fingerprint density at radius 3 is 2.95 bits per heavy atom. The summed E-state index contributed by atoms with van der Waals surface area (Å²) in [5, 5.41) is 17.3. The number of benzene rings is 1. The molecule has 1 amide bonds. The summed E-state index contributed by atoms with van der Waals surface area (Å²) in [5.41, 5.74) is 1.91. The molecule has 0 radical (unpaired) electrons. The number of carbonyl (C=O) groups is 1. The van der Waals surface area contributed by atoms with Gasteiger partial charge in [0.1, 0.15) is 6.33 Å². The number of hydrogen-bond donors (Lipinski definition) is 2. The zero-order valence-electron chi connectivity index (χ0n) is 11.5. The smallest absolute Gasteiger partial charge is 0.253 e. The molecule has 0 saturated carbocycles. The number of pyridine rings is 1. The van der Waals surface area contributed by atoms with Crippen molar-refractivity contribution < 1.29 is 9.90 Å². The summed E-state index contributed by atoms with van der Waals surface area (Å²) < 4.78 is 1.63. The molecule has 0 aliphatic rings. The lowest BCUT2D eigenvalue weighted by Crippen LogP contribution is -2.29. The third-order valence-corrected chi connectivity index (χ3v) is 3.47. The summed E-state index contributed by atoms with van der Waals surface area (Å²) in [6.07, 6.45) is 0.176. The highest BCUT2D eigenvalue weighted by Crippen LogP contribution is 2.18. The fraction of sp³-hybridized carbons (Fsp3) is 0.133. The Morgan fingerprint density at radius 1 is 1.32 bits per heavy atom. The minimum atomic E-state index is -1.27. The number of aromatic nitrogens is 3. The molecular weight excluding hydrogens is 304 g/mol. The molecule has 1 atom stereocenters. The van der Waals surface area contributed by atoms with Gasteiger partial charge in [0.25, 0.3) is 5.91 Å². The first-order valence-corrected chi connectivity index (χ1v) is 7.02. The fourth-order valence-electron chi connectivity index (χ4n) is 2.14. The van der Waals surface area contributed by atoms with Crippen LogP contribution in [0.1, 0.15) is 17.4 Å². The van der Waals surface area contributed by atoms with E-state index in [0.717, 1.165) is 5.69 Å². The number of carbonyl (C=O) groups excluding carboxylic acids is 1. The summed E-state index contributed by atoms with van der Waals surface area (Å²) in [5.74, 6) is -0.501. The van der Waals surface area contributed by atoms with Crippen molar-refractivity contribution in [2.45, 2.75) is 12.6 Å². The van der Waals surface area contributed by atoms with Gasteiger partial charge in [-0.05, 0) is 29.8 Å². The normalized spacial score (nSPS) is 12.3. The monoisotopic (exact) mass is 316 g/mol. The lowest BCUT2D eigenvalue weighted by atomic mass is 10.1. The zero-order valence-corrected chi connectivity index (χ0v) is 12.2. The number of hydrogen-bond acceptors (Lipinski definition) is 4. The van der Waals surface area contributed by atoms with Crippen LogP contribution in [0.3, 0.4) is 0 Å². The maximum Gasteiger partial charge on any atom is 0.253 e. The van der Waals surface area contributed by atoms with E-state index in [2.05, 4.69) is 15.4 Å². The highest BCUT2D eigenvalue weighted by atomic mass is 35.5. The largest absolute Gasteiger partial charge is 0.378 e. The molecule has 0 saturated heterocycles. The minimum Gasteiger partial charge on any atom is -0.378 e. The van der Waals surface area contributed by atoms with Crippen LogP contribution in [0.5, 0.6) is 0 Å². The minimum absolute atomic E-state index is 0.233. The second kappa shape index (κ2) is 6.13. The molecule has 0 aliphatic carbocycles. The molecule has 6 nitrogen and oxygen atoms in total. The highest BCUT2D eigenvalue weighted by molar-refractivity contribution is 6.30. The summed E-state index contributed by atoms with van der Waals surface area (Å²) in [4.78, 5) is 16.1. The molecule has 0 spiro atoms. The summed E-state index contributed by atoms with van der Waals surface area (Å²) in [7, 11) is 0. The van der Waals surface area contributed by atoms with E-state index >= 15 is 0 Å². The maximum absolute atomic E-state index is 12.1. The Hall–Kier alpha value is -2.44. The number of nitrogens with zero attached hydrogens (tertiary/aromatic N) is 3. The van der Waals surface area contributed by atoms with E-state index < -0.39 is 12.0 Å². The maximum atomic E-state index is 12.1. The van der Waals surface area contributed by atoms with Gasteiger partial charge in [0, 0.05) is 5.02 Å². The molecule has 7 heteroatoms. The molecule has 2 N–H and O–H groups in total. The number of aliphatic hydroxyl groups is 1. The Morgan fingerprint density at radius 2 is 2.14 bits per heavy atom. The third kappa shape index (κ3) is 2.93. The quantitative estimate of drug-likeness (QED) is 0.768. The Kier molecular flexibility index (Phi) is 4.04. The van der Waals surface area contributed by atoms with Gasteiger partial charge in [-0.2, -0.15) is 5.10 Å². The number of halogens is 1. The van der Waals surface area contributed by atoms with Crippen LogP contribution in [0.25, 0.3) is 5.65 Å². The van der Waals surface area contributed by atoms with Crippen molar-refractivity contribution >= 4 is 23.2 Å². The molecule has 3 aromatic rings. The van der Waals surface area contributed by atoms with Crippen molar-refractivity contribution in [3.8, 4) is 0 Å². The lowest BCUT2D eigenvalue weighted by molar-refractivity contribution is -0.129. The van der Waals surface area contributed by atoms with E-state index in [1.54, 1.807) is 28.8 Å². The predicted molar refractivity (Wildman–Crippen MR) is 81.2 cm³/mol. The topological polar surface area (TPSA) is 79.5 Å². The van der Waals surface area contributed by atoms with Gasteiger partial charge in [-0.1, -0.05) is 29.8 Å². The van der Waals surface area contributed by atoms with Crippen LogP contribution in [-0.2, 0) is 11.3 Å². The molecule has 0 bridgehead atoms. The van der Waals surface area contributed by atoms with E-state index in [-0.39, 0.29) is 6.54 Å². The van der Waals surface area contributed by atoms with Crippen molar-refractivity contribution in [3.05, 3.63) is 65.1 Å². The van der Waals surface area contributed by atoms with Crippen molar-refractivity contribution in [2.75, 3.05) is 0 Å². The summed E-state index contributed by atoms with van der Waals surface area (Å²) in [6.45, 7) is 0.233. The molecule has 2 aromatic heterocycles. The average molecular weight is 317 g/mol. The lowest BCUT2D eigenvalue weighted by Gasteiger charge is -2.12. The molecule has 0 fully saturated rings. The second-order valence-electron chi connectivity index (χ2n) is 4.72. The van der Waals surface area contributed by atoms with Crippen LogP contribution in [0.4, 0.5) is 0 Å². The van der Waals surface area contributed by atoms with Gasteiger partial charge < -0.3 is 10.4 Å². The van der Waals surface area contributed by atoms with Crippen LogP contribution in [0, 0.1) is 0 Å². The number of rotatable bonds is 4. The van der Waals surface area contributed by atoms with Crippen LogP contribution < -0.4 is 5.32 Å². The number of amides is 1. The van der Waals surface area contributed by atoms with E-state index in [1.807, 2.05) is 18.2 Å². The molecule has 1 unspecified atom stereocenters. The van der Waals surface area contributed by atoms with Gasteiger partial charge >= 0.3 is 0 Å². The fourth-order valence-corrected chi connectivity index (χ4v) is 2.34. The zero-order chi connectivity index (χ0) is 15.5. The Balaban J connectivity index is 1.71. The molecule has 0 aliphatic heterocycles. The molecule has 3 rings (SSSR count).